The first kappa shape index (κ1) is 25.9. The van der Waals surface area contributed by atoms with Crippen LogP contribution in [0.25, 0.3) is 33.6 Å². The van der Waals surface area contributed by atoms with Crippen molar-refractivity contribution < 1.29 is 9.47 Å². The molecule has 0 aliphatic heterocycles. The van der Waals surface area contributed by atoms with Crippen molar-refractivity contribution in [3.63, 3.8) is 0 Å². The van der Waals surface area contributed by atoms with Crippen LogP contribution >= 0.6 is 23.2 Å². The van der Waals surface area contributed by atoms with Crippen LogP contribution in [0.1, 0.15) is 37.1 Å². The molecule has 2 heterocycles. The molecule has 0 aliphatic rings. The Kier molecular flexibility index (Phi) is 7.81. The fourth-order valence-corrected chi connectivity index (χ4v) is 4.75. The van der Waals surface area contributed by atoms with Crippen molar-refractivity contribution in [1.82, 2.24) is 9.97 Å². The lowest BCUT2D eigenvalue weighted by molar-refractivity contribution is 0.390. The molecule has 0 amide bonds. The van der Waals surface area contributed by atoms with Gasteiger partial charge < -0.3 is 20.9 Å². The second kappa shape index (κ2) is 10.8. The van der Waals surface area contributed by atoms with Gasteiger partial charge in [-0.25, -0.2) is 9.97 Å². The zero-order valence-electron chi connectivity index (χ0n) is 20.5. The highest BCUT2D eigenvalue weighted by atomic mass is 35.5. The Morgan fingerprint density at radius 1 is 0.611 bits per heavy atom. The summed E-state index contributed by atoms with van der Waals surface area (Å²) in [6.07, 6.45) is 0. The van der Waals surface area contributed by atoms with E-state index in [2.05, 4.69) is 9.97 Å². The number of ether oxygens (including phenoxy) is 2. The average Bonchev–Trinajstić information content (AvgIpc) is 2.88. The zero-order chi connectivity index (χ0) is 26.0. The molecule has 0 bridgehead atoms. The summed E-state index contributed by atoms with van der Waals surface area (Å²) >= 11 is 13.9. The first-order valence-electron chi connectivity index (χ1n) is 11.5. The van der Waals surface area contributed by atoms with E-state index in [1.807, 2.05) is 74.5 Å². The van der Waals surface area contributed by atoms with Gasteiger partial charge in [0.05, 0.1) is 35.7 Å². The van der Waals surface area contributed by atoms with Gasteiger partial charge in [0, 0.05) is 45.5 Å². The van der Waals surface area contributed by atoms with E-state index in [9.17, 15) is 0 Å². The third kappa shape index (κ3) is 4.90. The molecule has 0 saturated heterocycles. The predicted octanol–water partition coefficient (Wildman–Crippen LogP) is 6.84. The van der Waals surface area contributed by atoms with E-state index in [1.54, 1.807) is 14.2 Å². The van der Waals surface area contributed by atoms with Crippen LogP contribution in [0, 0.1) is 0 Å². The SMILES string of the molecule is COc1nc(-c2cccc(-c3cccc(-c4ccc(C(C)N)c(OC)n4)c3Cl)c2Cl)ccc1C(C)N. The summed E-state index contributed by atoms with van der Waals surface area (Å²) in [5.41, 5.74) is 18.2. The first-order chi connectivity index (χ1) is 17.3. The number of methoxy groups -OCH3 is 2. The number of hydrogen-bond donors (Lipinski definition) is 2. The zero-order valence-corrected chi connectivity index (χ0v) is 22.1. The number of benzene rings is 2. The van der Waals surface area contributed by atoms with Crippen molar-refractivity contribution in [3.05, 3.63) is 81.8 Å². The highest BCUT2D eigenvalue weighted by Crippen LogP contribution is 2.42. The highest BCUT2D eigenvalue weighted by Gasteiger charge is 2.19. The normalized spacial score (nSPS) is 12.8. The molecule has 4 N–H and O–H groups in total. The molecule has 2 atom stereocenters. The van der Waals surface area contributed by atoms with Gasteiger partial charge >= 0.3 is 0 Å². The van der Waals surface area contributed by atoms with Gasteiger partial charge in [-0.2, -0.15) is 0 Å². The minimum absolute atomic E-state index is 0.209. The summed E-state index contributed by atoms with van der Waals surface area (Å²) in [6.45, 7) is 3.77. The van der Waals surface area contributed by atoms with Gasteiger partial charge in [0.25, 0.3) is 0 Å². The van der Waals surface area contributed by atoms with Crippen molar-refractivity contribution >= 4 is 23.2 Å². The molecule has 2 aromatic heterocycles. The molecule has 2 aromatic carbocycles. The van der Waals surface area contributed by atoms with Crippen molar-refractivity contribution in [2.24, 2.45) is 11.5 Å². The standard InChI is InChI=1S/C28H28Cl2N4O2/c1-15(31)17-11-13-23(33-27(17)35-3)21-9-5-7-19(25(21)29)20-8-6-10-22(26(20)30)24-14-12-18(16(2)32)28(34-24)36-4/h5-16H,31-32H2,1-4H3. The van der Waals surface area contributed by atoms with Crippen LogP contribution in [0.4, 0.5) is 0 Å². The van der Waals surface area contributed by atoms with Gasteiger partial charge in [-0.05, 0) is 38.1 Å². The summed E-state index contributed by atoms with van der Waals surface area (Å²) in [5.74, 6) is 0.943. The van der Waals surface area contributed by atoms with Gasteiger partial charge in [-0.3, -0.25) is 0 Å². The maximum atomic E-state index is 6.94. The molecular formula is C28H28Cl2N4O2. The summed E-state index contributed by atoms with van der Waals surface area (Å²) in [7, 11) is 3.15. The monoisotopic (exact) mass is 522 g/mol. The predicted molar refractivity (Wildman–Crippen MR) is 147 cm³/mol. The molecule has 186 valence electrons. The maximum absolute atomic E-state index is 6.94. The van der Waals surface area contributed by atoms with Crippen molar-refractivity contribution in [2.45, 2.75) is 25.9 Å². The summed E-state index contributed by atoms with van der Waals surface area (Å²) in [5, 5.41) is 1.05. The fourth-order valence-electron chi connectivity index (χ4n) is 4.10. The number of rotatable bonds is 7. The van der Waals surface area contributed by atoms with Gasteiger partial charge in [-0.1, -0.05) is 59.6 Å². The topological polar surface area (TPSA) is 96.3 Å². The second-order valence-electron chi connectivity index (χ2n) is 8.50. The first-order valence-corrected chi connectivity index (χ1v) is 12.2. The summed E-state index contributed by atoms with van der Waals surface area (Å²) in [6, 6.07) is 18.7. The minimum Gasteiger partial charge on any atom is -0.481 e. The van der Waals surface area contributed by atoms with Crippen LogP contribution in [0.5, 0.6) is 11.8 Å². The van der Waals surface area contributed by atoms with Crippen molar-refractivity contribution in [2.75, 3.05) is 14.2 Å². The summed E-state index contributed by atoms with van der Waals surface area (Å²) < 4.78 is 10.9. The molecule has 4 aromatic rings. The lowest BCUT2D eigenvalue weighted by Gasteiger charge is -2.16. The number of pyridine rings is 2. The van der Waals surface area contributed by atoms with E-state index < -0.39 is 0 Å². The van der Waals surface area contributed by atoms with Crippen LogP contribution in [0.3, 0.4) is 0 Å². The Hall–Kier alpha value is -3.16. The highest BCUT2D eigenvalue weighted by molar-refractivity contribution is 6.39. The van der Waals surface area contributed by atoms with E-state index in [4.69, 9.17) is 44.1 Å². The van der Waals surface area contributed by atoms with E-state index in [0.29, 0.717) is 33.2 Å². The third-order valence-corrected chi connectivity index (χ3v) is 6.80. The molecule has 4 rings (SSSR count). The van der Waals surface area contributed by atoms with Gasteiger partial charge in [-0.15, -0.1) is 0 Å². The van der Waals surface area contributed by atoms with Crippen LogP contribution < -0.4 is 20.9 Å². The number of halogens is 2. The maximum Gasteiger partial charge on any atom is 0.218 e. The summed E-state index contributed by atoms with van der Waals surface area (Å²) in [4.78, 5) is 9.31. The number of hydrogen-bond acceptors (Lipinski definition) is 6. The number of nitrogens with two attached hydrogens (primary N) is 2. The molecule has 2 unspecified atom stereocenters. The Labute approximate surface area is 221 Å². The number of nitrogens with zero attached hydrogens (tertiary/aromatic N) is 2. The van der Waals surface area contributed by atoms with E-state index in [-0.39, 0.29) is 12.1 Å². The smallest absolute Gasteiger partial charge is 0.218 e. The largest absolute Gasteiger partial charge is 0.481 e. The fraction of sp³-hybridized carbons (Fsp3) is 0.214. The van der Waals surface area contributed by atoms with Crippen molar-refractivity contribution in [3.8, 4) is 45.4 Å². The van der Waals surface area contributed by atoms with E-state index >= 15 is 0 Å². The molecule has 0 aliphatic carbocycles. The van der Waals surface area contributed by atoms with Crippen LogP contribution in [0.15, 0.2) is 60.7 Å². The molecule has 36 heavy (non-hydrogen) atoms. The molecular weight excluding hydrogens is 495 g/mol. The minimum atomic E-state index is -0.209. The Morgan fingerprint density at radius 2 is 0.972 bits per heavy atom. The molecule has 0 spiro atoms. The quantitative estimate of drug-likeness (QED) is 0.275. The Balaban J connectivity index is 1.81. The lowest BCUT2D eigenvalue weighted by atomic mass is 9.97. The van der Waals surface area contributed by atoms with Crippen LogP contribution in [-0.4, -0.2) is 24.2 Å². The number of aromatic nitrogens is 2. The average molecular weight is 523 g/mol. The van der Waals surface area contributed by atoms with Crippen LogP contribution in [0.2, 0.25) is 10.0 Å². The van der Waals surface area contributed by atoms with Crippen LogP contribution in [-0.2, 0) is 0 Å². The lowest BCUT2D eigenvalue weighted by Crippen LogP contribution is -2.08. The van der Waals surface area contributed by atoms with E-state index in [1.165, 1.54) is 0 Å². The molecule has 0 fully saturated rings. The third-order valence-electron chi connectivity index (χ3n) is 5.99. The second-order valence-corrected chi connectivity index (χ2v) is 9.26. The Morgan fingerprint density at radius 3 is 1.31 bits per heavy atom. The molecule has 8 heteroatoms. The molecule has 0 saturated carbocycles. The molecule has 0 radical (unpaired) electrons. The van der Waals surface area contributed by atoms with E-state index in [0.717, 1.165) is 33.4 Å². The van der Waals surface area contributed by atoms with Crippen molar-refractivity contribution in [1.29, 1.82) is 0 Å². The molecule has 6 nitrogen and oxygen atoms in total. The Bertz CT molecular complexity index is 1300. The van der Waals surface area contributed by atoms with Gasteiger partial charge in [0.15, 0.2) is 0 Å². The van der Waals surface area contributed by atoms with Gasteiger partial charge in [0.2, 0.25) is 11.8 Å². The van der Waals surface area contributed by atoms with Gasteiger partial charge in [0.1, 0.15) is 0 Å².